The van der Waals surface area contributed by atoms with Crippen LogP contribution in [0.2, 0.25) is 0 Å². The molecule has 2 N–H and O–H groups in total. The van der Waals surface area contributed by atoms with Crippen molar-refractivity contribution in [3.63, 3.8) is 0 Å². The summed E-state index contributed by atoms with van der Waals surface area (Å²) in [5.41, 5.74) is 0. The van der Waals surface area contributed by atoms with Gasteiger partial charge in [-0.05, 0) is 0 Å². The Morgan fingerprint density at radius 3 is 2.62 bits per heavy atom. The summed E-state index contributed by atoms with van der Waals surface area (Å²) in [6, 6.07) is 0. The zero-order valence-corrected chi connectivity index (χ0v) is 10.7. The molecular formula is C9H21N3O3S. The average Bonchev–Trinajstić information content (AvgIpc) is 2.29. The molecule has 1 unspecified atom stereocenters. The van der Waals surface area contributed by atoms with E-state index in [0.717, 1.165) is 6.54 Å². The maximum atomic E-state index is 11.8. The Labute approximate surface area is 97.5 Å². The summed E-state index contributed by atoms with van der Waals surface area (Å²) in [6.45, 7) is 7.09. The number of hydrogen-bond acceptors (Lipinski definition) is 4. The highest BCUT2D eigenvalue weighted by Crippen LogP contribution is 1.99. The van der Waals surface area contributed by atoms with Gasteiger partial charge in [0.15, 0.2) is 0 Å². The van der Waals surface area contributed by atoms with Crippen LogP contribution in [0.4, 0.5) is 0 Å². The Balaban J connectivity index is 2.40. The maximum Gasteiger partial charge on any atom is 0.279 e. The molecule has 0 bridgehead atoms. The minimum Gasteiger partial charge on any atom is -0.374 e. The Morgan fingerprint density at radius 1 is 1.44 bits per heavy atom. The zero-order chi connectivity index (χ0) is 12.0. The van der Waals surface area contributed by atoms with Crippen molar-refractivity contribution >= 4 is 10.2 Å². The molecule has 1 rings (SSSR count). The monoisotopic (exact) mass is 251 g/mol. The Hall–Kier alpha value is -0.210. The van der Waals surface area contributed by atoms with E-state index in [4.69, 9.17) is 4.74 Å². The maximum absolute atomic E-state index is 11.8. The molecule has 7 heteroatoms. The van der Waals surface area contributed by atoms with E-state index in [9.17, 15) is 8.42 Å². The van der Waals surface area contributed by atoms with E-state index in [1.165, 1.54) is 4.31 Å². The van der Waals surface area contributed by atoms with Crippen LogP contribution in [0.25, 0.3) is 0 Å². The standard InChI is InChI=1S/C9H21N3O3S/c1-3-12(4-2)16(13,14)11-8-9-7-10-5-6-15-9/h9-11H,3-8H2,1-2H3. The van der Waals surface area contributed by atoms with Gasteiger partial charge in [0.05, 0.1) is 12.7 Å². The average molecular weight is 251 g/mol. The van der Waals surface area contributed by atoms with E-state index in [1.807, 2.05) is 13.8 Å². The predicted molar refractivity (Wildman–Crippen MR) is 62.5 cm³/mol. The summed E-state index contributed by atoms with van der Waals surface area (Å²) in [7, 11) is -3.35. The first kappa shape index (κ1) is 13.9. The number of morpholine rings is 1. The Bertz CT molecular complexity index is 284. The second kappa shape index (κ2) is 6.51. The summed E-state index contributed by atoms with van der Waals surface area (Å²) in [5.74, 6) is 0. The van der Waals surface area contributed by atoms with Crippen molar-refractivity contribution in [1.82, 2.24) is 14.3 Å². The highest BCUT2D eigenvalue weighted by molar-refractivity contribution is 7.87. The summed E-state index contributed by atoms with van der Waals surface area (Å²) >= 11 is 0. The fraction of sp³-hybridized carbons (Fsp3) is 1.00. The first-order chi connectivity index (χ1) is 7.60. The van der Waals surface area contributed by atoms with Gasteiger partial charge in [-0.3, -0.25) is 0 Å². The molecule has 0 amide bonds. The number of nitrogens with one attached hydrogen (secondary N) is 2. The van der Waals surface area contributed by atoms with Crippen LogP contribution in [-0.4, -0.2) is 58.2 Å². The van der Waals surface area contributed by atoms with Gasteiger partial charge in [0.1, 0.15) is 0 Å². The molecule has 1 aliphatic rings. The van der Waals surface area contributed by atoms with Crippen molar-refractivity contribution in [2.45, 2.75) is 20.0 Å². The van der Waals surface area contributed by atoms with Crippen LogP contribution in [0, 0.1) is 0 Å². The summed E-state index contributed by atoms with van der Waals surface area (Å²) in [5, 5.41) is 3.15. The fourth-order valence-corrected chi connectivity index (χ4v) is 2.86. The first-order valence-electron chi connectivity index (χ1n) is 5.67. The molecule has 0 aromatic heterocycles. The summed E-state index contributed by atoms with van der Waals surface area (Å²) in [4.78, 5) is 0. The molecule has 1 aliphatic heterocycles. The van der Waals surface area contributed by atoms with Crippen LogP contribution in [0.1, 0.15) is 13.8 Å². The number of ether oxygens (including phenoxy) is 1. The van der Waals surface area contributed by atoms with Gasteiger partial charge >= 0.3 is 0 Å². The molecule has 1 atom stereocenters. The van der Waals surface area contributed by atoms with E-state index in [-0.39, 0.29) is 6.10 Å². The first-order valence-corrected chi connectivity index (χ1v) is 7.11. The van der Waals surface area contributed by atoms with Gasteiger partial charge in [0, 0.05) is 32.7 Å². The van der Waals surface area contributed by atoms with Gasteiger partial charge in [-0.2, -0.15) is 17.4 Å². The molecule has 96 valence electrons. The molecule has 1 saturated heterocycles. The van der Waals surface area contributed by atoms with Crippen LogP contribution >= 0.6 is 0 Å². The van der Waals surface area contributed by atoms with Crippen LogP contribution < -0.4 is 10.0 Å². The largest absolute Gasteiger partial charge is 0.374 e. The highest BCUT2D eigenvalue weighted by atomic mass is 32.2. The van der Waals surface area contributed by atoms with Gasteiger partial charge < -0.3 is 10.1 Å². The molecule has 1 heterocycles. The molecular weight excluding hydrogens is 230 g/mol. The Morgan fingerprint density at radius 2 is 2.12 bits per heavy atom. The van der Waals surface area contributed by atoms with Crippen LogP contribution in [0.3, 0.4) is 0 Å². The third kappa shape index (κ3) is 3.99. The van der Waals surface area contributed by atoms with E-state index in [2.05, 4.69) is 10.0 Å². The van der Waals surface area contributed by atoms with Gasteiger partial charge in [0.25, 0.3) is 10.2 Å². The van der Waals surface area contributed by atoms with Crippen molar-refractivity contribution < 1.29 is 13.2 Å². The second-order valence-electron chi connectivity index (χ2n) is 3.63. The summed E-state index contributed by atoms with van der Waals surface area (Å²) in [6.07, 6.45) is -0.0703. The van der Waals surface area contributed by atoms with Gasteiger partial charge in [-0.1, -0.05) is 13.8 Å². The van der Waals surface area contributed by atoms with Gasteiger partial charge in [-0.25, -0.2) is 0 Å². The smallest absolute Gasteiger partial charge is 0.279 e. The van der Waals surface area contributed by atoms with E-state index >= 15 is 0 Å². The van der Waals surface area contributed by atoms with Crippen LogP contribution in [0.5, 0.6) is 0 Å². The van der Waals surface area contributed by atoms with Crippen LogP contribution in [0.15, 0.2) is 0 Å². The molecule has 0 aromatic rings. The van der Waals surface area contributed by atoms with Crippen LogP contribution in [-0.2, 0) is 14.9 Å². The quantitative estimate of drug-likeness (QED) is 0.645. The molecule has 0 spiro atoms. The van der Waals surface area contributed by atoms with Gasteiger partial charge in [0.2, 0.25) is 0 Å². The molecule has 0 aromatic carbocycles. The van der Waals surface area contributed by atoms with E-state index in [1.54, 1.807) is 0 Å². The lowest BCUT2D eigenvalue weighted by atomic mass is 10.3. The topological polar surface area (TPSA) is 70.7 Å². The molecule has 0 aliphatic carbocycles. The summed E-state index contributed by atoms with van der Waals surface area (Å²) < 4.78 is 32.9. The minimum absolute atomic E-state index is 0.0703. The fourth-order valence-electron chi connectivity index (χ4n) is 1.60. The highest BCUT2D eigenvalue weighted by Gasteiger charge is 2.21. The molecule has 16 heavy (non-hydrogen) atoms. The number of hydrogen-bond donors (Lipinski definition) is 2. The molecule has 0 radical (unpaired) electrons. The lowest BCUT2D eigenvalue weighted by Crippen LogP contribution is -2.48. The lowest BCUT2D eigenvalue weighted by Gasteiger charge is -2.25. The van der Waals surface area contributed by atoms with E-state index < -0.39 is 10.2 Å². The van der Waals surface area contributed by atoms with Crippen molar-refractivity contribution in [1.29, 1.82) is 0 Å². The zero-order valence-electron chi connectivity index (χ0n) is 9.90. The Kier molecular flexibility index (Phi) is 5.63. The van der Waals surface area contributed by atoms with Crippen molar-refractivity contribution in [2.75, 3.05) is 39.3 Å². The van der Waals surface area contributed by atoms with Crippen molar-refractivity contribution in [2.24, 2.45) is 0 Å². The molecule has 0 saturated carbocycles. The third-order valence-electron chi connectivity index (χ3n) is 2.54. The lowest BCUT2D eigenvalue weighted by molar-refractivity contribution is 0.0322. The second-order valence-corrected chi connectivity index (χ2v) is 5.39. The number of nitrogens with zero attached hydrogens (tertiary/aromatic N) is 1. The number of rotatable bonds is 6. The van der Waals surface area contributed by atoms with E-state index in [0.29, 0.717) is 32.8 Å². The predicted octanol–water partition coefficient (Wildman–Crippen LogP) is -0.849. The minimum atomic E-state index is -3.35. The molecule has 6 nitrogen and oxygen atoms in total. The van der Waals surface area contributed by atoms with Crippen molar-refractivity contribution in [3.8, 4) is 0 Å². The van der Waals surface area contributed by atoms with Gasteiger partial charge in [-0.15, -0.1) is 0 Å². The molecule has 1 fully saturated rings. The third-order valence-corrected chi connectivity index (χ3v) is 4.27. The van der Waals surface area contributed by atoms with Crippen molar-refractivity contribution in [3.05, 3.63) is 0 Å². The normalized spacial score (nSPS) is 22.6. The SMILES string of the molecule is CCN(CC)S(=O)(=O)NCC1CNCCO1.